The molecule has 2 aliphatic rings. The molecule has 5 rings (SSSR count). The number of hydrogen-bond acceptors (Lipinski definition) is 2. The van der Waals surface area contributed by atoms with E-state index in [0.29, 0.717) is 23.6 Å². The molecule has 2 aromatic carbocycles. The first-order valence-electron chi connectivity index (χ1n) is 8.97. The van der Waals surface area contributed by atoms with Crippen LogP contribution in [0.25, 0.3) is 22.3 Å². The summed E-state index contributed by atoms with van der Waals surface area (Å²) in [6.45, 7) is 0.451. The lowest BCUT2D eigenvalue weighted by atomic mass is 9.89. The van der Waals surface area contributed by atoms with Crippen LogP contribution in [0.4, 0.5) is 8.78 Å². The lowest BCUT2D eigenvalue weighted by molar-refractivity contribution is 0.0966. The van der Waals surface area contributed by atoms with Gasteiger partial charge in [-0.3, -0.25) is 9.78 Å². The summed E-state index contributed by atoms with van der Waals surface area (Å²) in [5.41, 5.74) is 5.05. The van der Waals surface area contributed by atoms with E-state index < -0.39 is 11.6 Å². The molecule has 5 heteroatoms. The second-order valence-corrected chi connectivity index (χ2v) is 7.07. The summed E-state index contributed by atoms with van der Waals surface area (Å²) in [4.78, 5) is 16.7. The van der Waals surface area contributed by atoms with Crippen LogP contribution in [-0.2, 0) is 6.54 Å². The van der Waals surface area contributed by atoms with Crippen LogP contribution < -0.4 is 5.32 Å². The van der Waals surface area contributed by atoms with E-state index in [4.69, 9.17) is 0 Å². The number of carbonyl (C=O) groups excluding carboxylic acids is 1. The van der Waals surface area contributed by atoms with Gasteiger partial charge < -0.3 is 5.32 Å². The summed E-state index contributed by atoms with van der Waals surface area (Å²) >= 11 is 0. The summed E-state index contributed by atoms with van der Waals surface area (Å²) in [6, 6.07) is 11.0. The SMILES string of the molecule is O=C1NCc2cc(-c3cccnc3C3CC3)c(-c3ccc(F)cc3F)cc21. The molecule has 0 atom stereocenters. The molecule has 0 radical (unpaired) electrons. The van der Waals surface area contributed by atoms with Gasteiger partial charge in [0.1, 0.15) is 11.6 Å². The number of nitrogens with zero attached hydrogens (tertiary/aromatic N) is 1. The molecule has 134 valence electrons. The molecule has 3 aromatic rings. The number of amides is 1. The predicted octanol–water partition coefficient (Wildman–Crippen LogP) is 4.81. The maximum Gasteiger partial charge on any atom is 0.251 e. The molecule has 0 unspecified atom stereocenters. The molecular formula is C22H16F2N2O. The lowest BCUT2D eigenvalue weighted by Crippen LogP contribution is -2.12. The van der Waals surface area contributed by atoms with Crippen LogP contribution in [0.1, 0.15) is 40.4 Å². The van der Waals surface area contributed by atoms with Crippen LogP contribution in [0.3, 0.4) is 0 Å². The maximum atomic E-state index is 14.6. The van der Waals surface area contributed by atoms with Crippen LogP contribution in [-0.4, -0.2) is 10.9 Å². The molecule has 1 saturated carbocycles. The predicted molar refractivity (Wildman–Crippen MR) is 98.2 cm³/mol. The van der Waals surface area contributed by atoms with Crippen molar-refractivity contribution in [2.24, 2.45) is 0 Å². The van der Waals surface area contributed by atoms with Gasteiger partial charge >= 0.3 is 0 Å². The number of benzene rings is 2. The van der Waals surface area contributed by atoms with Crippen molar-refractivity contribution in [3.05, 3.63) is 77.1 Å². The van der Waals surface area contributed by atoms with E-state index in [0.717, 1.165) is 41.3 Å². The standard InChI is InChI=1S/C22H16F2N2O/c23-14-5-6-15(20(24)9-14)19-10-17-13(11-26-22(17)27)8-18(19)16-2-1-7-25-21(16)12-3-4-12/h1-2,5-10,12H,3-4,11H2,(H,26,27). The molecule has 0 saturated heterocycles. The highest BCUT2D eigenvalue weighted by Crippen LogP contribution is 2.46. The monoisotopic (exact) mass is 362 g/mol. The van der Waals surface area contributed by atoms with Gasteiger partial charge in [-0.15, -0.1) is 0 Å². The van der Waals surface area contributed by atoms with Gasteiger partial charge in [-0.25, -0.2) is 8.78 Å². The molecule has 1 N–H and O–H groups in total. The maximum absolute atomic E-state index is 14.6. The number of nitrogens with one attached hydrogen (secondary N) is 1. The number of pyridine rings is 1. The average molecular weight is 362 g/mol. The number of rotatable bonds is 3. The van der Waals surface area contributed by atoms with Crippen molar-refractivity contribution in [2.75, 3.05) is 0 Å². The highest BCUT2D eigenvalue weighted by molar-refractivity contribution is 6.01. The Kier molecular flexibility index (Phi) is 3.57. The van der Waals surface area contributed by atoms with E-state index in [1.807, 2.05) is 18.2 Å². The Labute approximate surface area is 155 Å². The van der Waals surface area contributed by atoms with Gasteiger partial charge in [0.2, 0.25) is 0 Å². The molecule has 1 fully saturated rings. The zero-order chi connectivity index (χ0) is 18.5. The topological polar surface area (TPSA) is 42.0 Å². The lowest BCUT2D eigenvalue weighted by Gasteiger charge is -2.16. The van der Waals surface area contributed by atoms with E-state index >= 15 is 0 Å². The molecule has 0 spiro atoms. The van der Waals surface area contributed by atoms with Gasteiger partial charge in [-0.1, -0.05) is 6.07 Å². The Morgan fingerprint density at radius 3 is 2.52 bits per heavy atom. The summed E-state index contributed by atoms with van der Waals surface area (Å²) in [7, 11) is 0. The third-order valence-corrected chi connectivity index (χ3v) is 5.24. The zero-order valence-corrected chi connectivity index (χ0v) is 14.4. The molecule has 27 heavy (non-hydrogen) atoms. The minimum atomic E-state index is -0.647. The second-order valence-electron chi connectivity index (χ2n) is 7.07. The number of aromatic nitrogens is 1. The highest BCUT2D eigenvalue weighted by atomic mass is 19.1. The molecule has 1 aliphatic heterocycles. The number of carbonyl (C=O) groups is 1. The normalized spacial score (nSPS) is 15.6. The zero-order valence-electron chi connectivity index (χ0n) is 14.4. The number of hydrogen-bond donors (Lipinski definition) is 1. The van der Waals surface area contributed by atoms with Gasteiger partial charge in [-0.05, 0) is 59.9 Å². The van der Waals surface area contributed by atoms with E-state index in [9.17, 15) is 13.6 Å². The Morgan fingerprint density at radius 2 is 1.74 bits per heavy atom. The summed E-state index contributed by atoms with van der Waals surface area (Å²) in [6.07, 6.45) is 3.96. The first kappa shape index (κ1) is 16.1. The fourth-order valence-electron chi connectivity index (χ4n) is 3.75. The Hall–Kier alpha value is -3.08. The van der Waals surface area contributed by atoms with E-state index in [2.05, 4.69) is 10.3 Å². The Morgan fingerprint density at radius 1 is 0.926 bits per heavy atom. The fraction of sp³-hybridized carbons (Fsp3) is 0.182. The fourth-order valence-corrected chi connectivity index (χ4v) is 3.75. The van der Waals surface area contributed by atoms with Gasteiger partial charge in [0.05, 0.1) is 5.69 Å². The van der Waals surface area contributed by atoms with Crippen LogP contribution in [0.15, 0.2) is 48.7 Å². The van der Waals surface area contributed by atoms with Crippen molar-refractivity contribution in [2.45, 2.75) is 25.3 Å². The van der Waals surface area contributed by atoms with E-state index in [-0.39, 0.29) is 11.5 Å². The van der Waals surface area contributed by atoms with Crippen molar-refractivity contribution in [3.63, 3.8) is 0 Å². The summed E-state index contributed by atoms with van der Waals surface area (Å²) in [5, 5.41) is 2.81. The number of fused-ring (bicyclic) bond motifs is 1. The van der Waals surface area contributed by atoms with E-state index in [1.165, 1.54) is 12.1 Å². The smallest absolute Gasteiger partial charge is 0.251 e. The van der Waals surface area contributed by atoms with Gasteiger partial charge in [-0.2, -0.15) is 0 Å². The van der Waals surface area contributed by atoms with Crippen molar-refractivity contribution >= 4 is 5.91 Å². The van der Waals surface area contributed by atoms with Gasteiger partial charge in [0.25, 0.3) is 5.91 Å². The molecule has 0 bridgehead atoms. The minimum Gasteiger partial charge on any atom is -0.348 e. The van der Waals surface area contributed by atoms with Crippen molar-refractivity contribution in [3.8, 4) is 22.3 Å². The largest absolute Gasteiger partial charge is 0.348 e. The third kappa shape index (κ3) is 2.70. The summed E-state index contributed by atoms with van der Waals surface area (Å²) < 4.78 is 28.0. The summed E-state index contributed by atoms with van der Waals surface area (Å²) in [5.74, 6) is -1.03. The van der Waals surface area contributed by atoms with Gasteiger partial charge in [0.15, 0.2) is 0 Å². The van der Waals surface area contributed by atoms with Crippen LogP contribution >= 0.6 is 0 Å². The number of halogens is 2. The minimum absolute atomic E-state index is 0.172. The highest BCUT2D eigenvalue weighted by Gasteiger charge is 2.30. The molecule has 1 aliphatic carbocycles. The van der Waals surface area contributed by atoms with Gasteiger partial charge in [0, 0.05) is 41.4 Å². The third-order valence-electron chi connectivity index (χ3n) is 5.24. The van der Waals surface area contributed by atoms with Crippen molar-refractivity contribution < 1.29 is 13.6 Å². The van der Waals surface area contributed by atoms with Crippen molar-refractivity contribution in [1.29, 1.82) is 0 Å². The molecular weight excluding hydrogens is 346 g/mol. The van der Waals surface area contributed by atoms with Crippen LogP contribution in [0.5, 0.6) is 0 Å². The molecule has 3 nitrogen and oxygen atoms in total. The molecule has 1 aromatic heterocycles. The average Bonchev–Trinajstić information content (AvgIpc) is 3.45. The first-order chi connectivity index (χ1) is 13.1. The molecule has 2 heterocycles. The second kappa shape index (κ2) is 5.98. The quantitative estimate of drug-likeness (QED) is 0.726. The first-order valence-corrected chi connectivity index (χ1v) is 8.97. The van der Waals surface area contributed by atoms with E-state index in [1.54, 1.807) is 12.3 Å². The van der Waals surface area contributed by atoms with Crippen LogP contribution in [0.2, 0.25) is 0 Å². The Balaban J connectivity index is 1.79. The Bertz CT molecular complexity index is 1090. The molecule has 1 amide bonds. The van der Waals surface area contributed by atoms with Crippen LogP contribution in [0, 0.1) is 11.6 Å². The van der Waals surface area contributed by atoms with Crippen molar-refractivity contribution in [1.82, 2.24) is 10.3 Å².